The van der Waals surface area contributed by atoms with Gasteiger partial charge >= 0.3 is 0 Å². The third-order valence-electron chi connectivity index (χ3n) is 12.0. The van der Waals surface area contributed by atoms with Crippen molar-refractivity contribution in [2.24, 2.45) is 4.99 Å². The summed E-state index contributed by atoms with van der Waals surface area (Å²) in [5.41, 5.74) is 23.3. The molecular weight excluding hydrogens is 741 g/mol. The maximum atomic E-state index is 6.91. The Morgan fingerprint density at radius 2 is 0.869 bits per heavy atom. The molecule has 0 saturated heterocycles. The van der Waals surface area contributed by atoms with Gasteiger partial charge in [0.15, 0.2) is 0 Å². The highest BCUT2D eigenvalue weighted by Gasteiger charge is 2.18. The van der Waals surface area contributed by atoms with Gasteiger partial charge in [0.2, 0.25) is 0 Å². The van der Waals surface area contributed by atoms with Gasteiger partial charge in [-0.05, 0) is 116 Å². The number of rotatable bonds is 7. The summed E-state index contributed by atoms with van der Waals surface area (Å²) in [7, 11) is 0. The molecule has 0 amide bonds. The molecule has 0 fully saturated rings. The number of fused-ring (bicyclic) bond motifs is 6. The number of nitrogens with two attached hydrogens (primary N) is 1. The summed E-state index contributed by atoms with van der Waals surface area (Å²) in [6, 6.07) is 75.2. The van der Waals surface area contributed by atoms with Gasteiger partial charge in [0.05, 0.1) is 11.4 Å². The molecule has 0 bridgehead atoms. The molecule has 11 rings (SSSR count). The number of furan rings is 1. The van der Waals surface area contributed by atoms with Crippen LogP contribution in [0.15, 0.2) is 222 Å². The molecule has 0 atom stereocenters. The normalized spacial score (nSPS) is 11.9. The van der Waals surface area contributed by atoms with Crippen LogP contribution in [0.3, 0.4) is 0 Å². The lowest BCUT2D eigenvalue weighted by molar-refractivity contribution is 0.670. The molecule has 11 aromatic rings. The van der Waals surface area contributed by atoms with E-state index in [1.807, 2.05) is 6.07 Å². The van der Waals surface area contributed by atoms with E-state index in [4.69, 9.17) is 15.1 Å². The van der Waals surface area contributed by atoms with Gasteiger partial charge in [-0.2, -0.15) is 0 Å². The monoisotopic (exact) mass is 780 g/mol. The van der Waals surface area contributed by atoms with Crippen LogP contribution in [0.4, 0.5) is 11.4 Å². The number of benzene rings is 10. The highest BCUT2D eigenvalue weighted by atomic mass is 16.3. The summed E-state index contributed by atoms with van der Waals surface area (Å²) in [5, 5.41) is 6.46. The van der Waals surface area contributed by atoms with Crippen LogP contribution in [0.1, 0.15) is 12.5 Å². The average Bonchev–Trinajstić information content (AvgIpc) is 3.71. The molecule has 2 N–H and O–H groups in total. The second-order valence-electron chi connectivity index (χ2n) is 15.7. The maximum absolute atomic E-state index is 6.91. The van der Waals surface area contributed by atoms with E-state index >= 15 is 0 Å². The van der Waals surface area contributed by atoms with Gasteiger partial charge in [-0.25, -0.2) is 0 Å². The first-order valence-electron chi connectivity index (χ1n) is 20.7. The summed E-state index contributed by atoms with van der Waals surface area (Å²) in [5.74, 6) is 0. The van der Waals surface area contributed by atoms with Crippen molar-refractivity contribution in [3.63, 3.8) is 0 Å². The Bertz CT molecular complexity index is 3490. The van der Waals surface area contributed by atoms with Crippen LogP contribution in [0.25, 0.3) is 99.1 Å². The van der Waals surface area contributed by atoms with Crippen molar-refractivity contribution < 1.29 is 4.42 Å². The average molecular weight is 781 g/mol. The molecule has 0 aliphatic rings. The van der Waals surface area contributed by atoms with Crippen molar-refractivity contribution >= 4 is 60.6 Å². The van der Waals surface area contributed by atoms with Gasteiger partial charge in [-0.3, -0.25) is 4.99 Å². The van der Waals surface area contributed by atoms with Crippen LogP contribution in [0, 0.1) is 0 Å². The van der Waals surface area contributed by atoms with Crippen molar-refractivity contribution in [2.45, 2.75) is 6.92 Å². The maximum Gasteiger partial charge on any atom is 0.143 e. The Kier molecular flexibility index (Phi) is 8.87. The highest BCUT2D eigenvalue weighted by molar-refractivity contribution is 6.20. The third kappa shape index (κ3) is 6.54. The largest absolute Gasteiger partial charge is 0.455 e. The minimum atomic E-state index is 0.686. The number of aliphatic imine (C=N–C) groups is 1. The first-order chi connectivity index (χ1) is 30.1. The van der Waals surface area contributed by atoms with Crippen LogP contribution in [-0.4, -0.2) is 5.71 Å². The Hall–Kier alpha value is -8.01. The van der Waals surface area contributed by atoms with E-state index in [0.29, 0.717) is 5.69 Å². The minimum Gasteiger partial charge on any atom is -0.455 e. The summed E-state index contributed by atoms with van der Waals surface area (Å²) in [6.45, 7) is 2.07. The van der Waals surface area contributed by atoms with Gasteiger partial charge in [-0.15, -0.1) is 0 Å². The summed E-state index contributed by atoms with van der Waals surface area (Å²) >= 11 is 0. The van der Waals surface area contributed by atoms with Crippen molar-refractivity contribution in [1.82, 2.24) is 0 Å². The third-order valence-corrected chi connectivity index (χ3v) is 12.0. The summed E-state index contributed by atoms with van der Waals surface area (Å²) in [4.78, 5) is 5.27. The van der Waals surface area contributed by atoms with E-state index in [9.17, 15) is 0 Å². The predicted octanol–water partition coefficient (Wildman–Crippen LogP) is 16.0. The number of hydrogen-bond donors (Lipinski definition) is 1. The van der Waals surface area contributed by atoms with E-state index in [-0.39, 0.29) is 0 Å². The SMILES string of the molecule is CC(=Nc1c(N)c2ccccc2c2ccccc12)c1cccc(-c2cc(-c3cccc(-c4ccccc4)c3)cc3c2oc2ccc(-c4cccc(-c5ccccc5)c4)cc23)c1. The van der Waals surface area contributed by atoms with E-state index < -0.39 is 0 Å². The summed E-state index contributed by atoms with van der Waals surface area (Å²) in [6.07, 6.45) is 0. The molecule has 0 aliphatic heterocycles. The van der Waals surface area contributed by atoms with Crippen molar-refractivity contribution in [3.8, 4) is 55.6 Å². The van der Waals surface area contributed by atoms with E-state index in [0.717, 1.165) is 93.8 Å². The smallest absolute Gasteiger partial charge is 0.143 e. The van der Waals surface area contributed by atoms with Crippen LogP contribution in [0.2, 0.25) is 0 Å². The zero-order valence-corrected chi connectivity index (χ0v) is 33.6. The highest BCUT2D eigenvalue weighted by Crippen LogP contribution is 2.43. The zero-order chi connectivity index (χ0) is 40.9. The first kappa shape index (κ1) is 36.1. The molecule has 288 valence electrons. The minimum absolute atomic E-state index is 0.686. The fourth-order valence-electron chi connectivity index (χ4n) is 8.87. The molecule has 1 aromatic heterocycles. The second-order valence-corrected chi connectivity index (χ2v) is 15.7. The van der Waals surface area contributed by atoms with Crippen molar-refractivity contribution in [1.29, 1.82) is 0 Å². The number of hydrogen-bond acceptors (Lipinski definition) is 3. The second kappa shape index (κ2) is 15.0. The van der Waals surface area contributed by atoms with E-state index in [1.54, 1.807) is 0 Å². The number of nitrogens with zero attached hydrogens (tertiary/aromatic N) is 1. The number of anilines is 1. The lowest BCUT2D eigenvalue weighted by Crippen LogP contribution is -1.97. The molecular formula is C58H40N2O. The molecule has 10 aromatic carbocycles. The Balaban J connectivity index is 1.08. The lowest BCUT2D eigenvalue weighted by Gasteiger charge is -2.13. The van der Waals surface area contributed by atoms with E-state index in [1.165, 1.54) is 22.3 Å². The van der Waals surface area contributed by atoms with Gasteiger partial charge in [0.1, 0.15) is 11.2 Å². The van der Waals surface area contributed by atoms with Crippen molar-refractivity contribution in [2.75, 3.05) is 5.73 Å². The fraction of sp³-hybridized carbons (Fsp3) is 0.0172. The Labute approximate surface area is 354 Å². The topological polar surface area (TPSA) is 51.5 Å². The lowest BCUT2D eigenvalue weighted by atomic mass is 9.92. The van der Waals surface area contributed by atoms with Gasteiger partial charge < -0.3 is 10.2 Å². The molecule has 0 aliphatic carbocycles. The van der Waals surface area contributed by atoms with Gasteiger partial charge in [0, 0.05) is 32.8 Å². The molecule has 3 heteroatoms. The number of nitrogen functional groups attached to an aromatic ring is 1. The zero-order valence-electron chi connectivity index (χ0n) is 33.6. The quantitative estimate of drug-likeness (QED) is 0.0995. The van der Waals surface area contributed by atoms with Gasteiger partial charge in [0.25, 0.3) is 0 Å². The van der Waals surface area contributed by atoms with Crippen LogP contribution >= 0.6 is 0 Å². The Morgan fingerprint density at radius 1 is 0.377 bits per heavy atom. The fourth-order valence-corrected chi connectivity index (χ4v) is 8.87. The van der Waals surface area contributed by atoms with Crippen molar-refractivity contribution in [3.05, 3.63) is 218 Å². The first-order valence-corrected chi connectivity index (χ1v) is 20.7. The molecule has 0 spiro atoms. The van der Waals surface area contributed by atoms with Crippen LogP contribution < -0.4 is 5.73 Å². The van der Waals surface area contributed by atoms with Crippen LogP contribution in [-0.2, 0) is 0 Å². The summed E-state index contributed by atoms with van der Waals surface area (Å²) < 4.78 is 6.86. The molecule has 0 unspecified atom stereocenters. The van der Waals surface area contributed by atoms with Gasteiger partial charge in [-0.1, -0.05) is 170 Å². The molecule has 61 heavy (non-hydrogen) atoms. The molecule has 1 heterocycles. The van der Waals surface area contributed by atoms with Crippen LogP contribution in [0.5, 0.6) is 0 Å². The standard InChI is InChI=1S/C58H40N2O/c1-37(60-57-51-28-11-9-26-49(51)48-25-8-10-27-50(48)56(57)59)40-19-12-24-46(31-40)52-35-47(44-23-14-21-42(33-44)39-17-6-3-7-18-39)36-54-53-34-45(29-30-55(53)61-58(52)54)43-22-13-20-41(32-43)38-15-4-2-5-16-38/h2-36H,59H2,1H3. The molecule has 3 nitrogen and oxygen atoms in total. The molecule has 0 saturated carbocycles. The Morgan fingerprint density at radius 3 is 1.54 bits per heavy atom. The predicted molar refractivity (Wildman–Crippen MR) is 259 cm³/mol. The molecule has 0 radical (unpaired) electrons. The van der Waals surface area contributed by atoms with E-state index in [2.05, 4.69) is 213 Å².